The van der Waals surface area contributed by atoms with Gasteiger partial charge in [-0.3, -0.25) is 9.80 Å². The molecule has 2 aromatic heterocycles. The molecule has 4 heterocycles. The molecule has 5 heteroatoms. The lowest BCUT2D eigenvalue weighted by Gasteiger charge is -2.45. The van der Waals surface area contributed by atoms with Crippen LogP contribution in [-0.4, -0.2) is 9.97 Å². The van der Waals surface area contributed by atoms with Crippen LogP contribution in [0.4, 0.5) is 34.4 Å². The minimum absolute atomic E-state index is 0.0655. The lowest BCUT2D eigenvalue weighted by Crippen LogP contribution is -2.36. The van der Waals surface area contributed by atoms with Crippen LogP contribution in [0.5, 0.6) is 11.5 Å². The number of nitrogens with zero attached hydrogens (tertiary/aromatic N) is 4. The number of hydrogen-bond acceptors (Lipinski definition) is 5. The molecule has 0 saturated carbocycles. The Morgan fingerprint density at radius 2 is 0.875 bits per heavy atom. The maximum absolute atomic E-state index is 6.78. The number of rotatable bonds is 15. The van der Waals surface area contributed by atoms with Crippen molar-refractivity contribution in [3.8, 4) is 11.5 Å². The third kappa shape index (κ3) is 6.55. The van der Waals surface area contributed by atoms with Gasteiger partial charge in [-0.05, 0) is 85.3 Å². The molecule has 0 amide bonds. The fourth-order valence-electron chi connectivity index (χ4n) is 9.78. The van der Waals surface area contributed by atoms with Crippen LogP contribution in [0.25, 0.3) is 0 Å². The Kier molecular flexibility index (Phi) is 11.0. The summed E-state index contributed by atoms with van der Waals surface area (Å²) in [5.41, 5.74) is 9.77. The standard InChI is InChI=1S/C51H56N4O/c1-5-9-31-50(30-8-4)42-24-12-14-28-46(42)54(48-44(50)26-18-34-52-48)38-20-16-22-40(36-38)56-41-23-17-21-39(37-41)55-47-29-15-13-25-43(47)51(32-10-6-2,33-11-7-3)45-27-19-35-53-49(45)55/h12-29,34-37H,5-11,30-33H2,1-4H3. The average molecular weight is 741 g/mol. The minimum atomic E-state index is -0.0673. The molecule has 8 rings (SSSR count). The smallest absolute Gasteiger partial charge is 0.141 e. The number of aromatic nitrogens is 2. The summed E-state index contributed by atoms with van der Waals surface area (Å²) in [6.45, 7) is 9.20. The van der Waals surface area contributed by atoms with E-state index in [1.807, 2.05) is 12.4 Å². The van der Waals surface area contributed by atoms with Crippen LogP contribution in [0, 0.1) is 0 Å². The van der Waals surface area contributed by atoms with Gasteiger partial charge < -0.3 is 4.74 Å². The SMILES string of the molecule is CCCCC1(CCC)c2ccccc2N(c2cccc(Oc3cccc(N4c5ccccc5C(CCCC)(CCCC)c5cccnc54)c3)c2)c2ncccc21. The van der Waals surface area contributed by atoms with E-state index in [-0.39, 0.29) is 10.8 Å². The molecule has 0 saturated heterocycles. The zero-order valence-corrected chi connectivity index (χ0v) is 33.7. The molecule has 0 bridgehead atoms. The first-order chi connectivity index (χ1) is 27.6. The number of unbranched alkanes of at least 4 members (excludes halogenated alkanes) is 3. The highest BCUT2D eigenvalue weighted by Crippen LogP contribution is 2.57. The Morgan fingerprint density at radius 1 is 0.446 bits per heavy atom. The largest absolute Gasteiger partial charge is 0.457 e. The van der Waals surface area contributed by atoms with Crippen LogP contribution >= 0.6 is 0 Å². The third-order valence-electron chi connectivity index (χ3n) is 12.3. The highest BCUT2D eigenvalue weighted by atomic mass is 16.5. The molecule has 0 radical (unpaired) electrons. The summed E-state index contributed by atoms with van der Waals surface area (Å²) in [4.78, 5) is 14.9. The van der Waals surface area contributed by atoms with E-state index in [1.54, 1.807) is 0 Å². The number of benzene rings is 4. The highest BCUT2D eigenvalue weighted by molar-refractivity contribution is 5.86. The van der Waals surface area contributed by atoms with Crippen LogP contribution in [-0.2, 0) is 10.8 Å². The van der Waals surface area contributed by atoms with Gasteiger partial charge in [-0.2, -0.15) is 0 Å². The van der Waals surface area contributed by atoms with Crippen molar-refractivity contribution in [3.05, 3.63) is 156 Å². The molecule has 286 valence electrons. The molecular formula is C51H56N4O. The van der Waals surface area contributed by atoms with Crippen molar-refractivity contribution in [2.45, 2.75) is 109 Å². The van der Waals surface area contributed by atoms with Crippen molar-refractivity contribution in [1.29, 1.82) is 0 Å². The van der Waals surface area contributed by atoms with Gasteiger partial charge in [0, 0.05) is 46.5 Å². The normalized spacial score (nSPS) is 16.4. The van der Waals surface area contributed by atoms with Gasteiger partial charge in [0.2, 0.25) is 0 Å². The van der Waals surface area contributed by atoms with Gasteiger partial charge in [0.15, 0.2) is 0 Å². The summed E-state index contributed by atoms with van der Waals surface area (Å²) in [5, 5.41) is 0. The van der Waals surface area contributed by atoms with Crippen LogP contribution in [0.1, 0.15) is 121 Å². The fourth-order valence-corrected chi connectivity index (χ4v) is 9.78. The van der Waals surface area contributed by atoms with E-state index in [0.29, 0.717) is 0 Å². The van der Waals surface area contributed by atoms with Crippen molar-refractivity contribution in [1.82, 2.24) is 9.97 Å². The monoisotopic (exact) mass is 740 g/mol. The molecule has 0 aliphatic carbocycles. The first-order valence-electron chi connectivity index (χ1n) is 21.2. The summed E-state index contributed by atoms with van der Waals surface area (Å²) in [5.74, 6) is 3.59. The number of pyridine rings is 2. The lowest BCUT2D eigenvalue weighted by molar-refractivity contribution is 0.402. The summed E-state index contributed by atoms with van der Waals surface area (Å²) >= 11 is 0. The highest BCUT2D eigenvalue weighted by Gasteiger charge is 2.44. The number of fused-ring (bicyclic) bond motifs is 4. The molecule has 0 spiro atoms. The predicted molar refractivity (Wildman–Crippen MR) is 233 cm³/mol. The van der Waals surface area contributed by atoms with Gasteiger partial charge in [-0.1, -0.05) is 133 Å². The summed E-state index contributed by atoms with van der Waals surface area (Å²) in [6.07, 6.45) is 16.5. The van der Waals surface area contributed by atoms with Crippen LogP contribution < -0.4 is 14.5 Å². The summed E-state index contributed by atoms with van der Waals surface area (Å²) in [6, 6.07) is 43.8. The molecule has 2 aliphatic heterocycles. The van der Waals surface area contributed by atoms with E-state index in [9.17, 15) is 0 Å². The molecule has 1 unspecified atom stereocenters. The summed E-state index contributed by atoms with van der Waals surface area (Å²) in [7, 11) is 0. The Balaban J connectivity index is 1.17. The van der Waals surface area contributed by atoms with Crippen molar-refractivity contribution >= 4 is 34.4 Å². The lowest BCUT2D eigenvalue weighted by atomic mass is 9.65. The van der Waals surface area contributed by atoms with Crippen molar-refractivity contribution < 1.29 is 4.74 Å². The van der Waals surface area contributed by atoms with E-state index in [2.05, 4.69) is 159 Å². The number of hydrogen-bond donors (Lipinski definition) is 0. The fraction of sp³-hybridized carbons (Fsp3) is 0.333. The Morgan fingerprint density at radius 3 is 1.32 bits per heavy atom. The molecule has 1 atom stereocenters. The van der Waals surface area contributed by atoms with E-state index in [0.717, 1.165) is 66.6 Å². The minimum Gasteiger partial charge on any atom is -0.457 e. The number of anilines is 6. The summed E-state index contributed by atoms with van der Waals surface area (Å²) < 4.78 is 6.78. The van der Waals surface area contributed by atoms with Gasteiger partial charge in [0.1, 0.15) is 23.1 Å². The maximum atomic E-state index is 6.78. The Hall–Kier alpha value is -5.42. The van der Waals surface area contributed by atoms with Gasteiger partial charge in [-0.25, -0.2) is 9.97 Å². The van der Waals surface area contributed by atoms with Gasteiger partial charge in [-0.15, -0.1) is 0 Å². The van der Waals surface area contributed by atoms with Crippen molar-refractivity contribution in [2.75, 3.05) is 9.80 Å². The predicted octanol–water partition coefficient (Wildman–Crippen LogP) is 14.8. The second-order valence-corrected chi connectivity index (χ2v) is 15.8. The van der Waals surface area contributed by atoms with Gasteiger partial charge in [0.25, 0.3) is 0 Å². The Labute approximate surface area is 334 Å². The van der Waals surface area contributed by atoms with E-state index < -0.39 is 0 Å². The zero-order chi connectivity index (χ0) is 38.5. The second kappa shape index (κ2) is 16.4. The molecule has 2 aliphatic rings. The second-order valence-electron chi connectivity index (χ2n) is 15.8. The van der Waals surface area contributed by atoms with E-state index in [4.69, 9.17) is 14.7 Å². The number of ether oxygens (including phenoxy) is 1. The zero-order valence-electron chi connectivity index (χ0n) is 33.7. The van der Waals surface area contributed by atoms with Gasteiger partial charge in [0.05, 0.1) is 22.7 Å². The average Bonchev–Trinajstić information content (AvgIpc) is 3.24. The topological polar surface area (TPSA) is 41.5 Å². The molecule has 6 aromatic rings. The maximum Gasteiger partial charge on any atom is 0.141 e. The third-order valence-corrected chi connectivity index (χ3v) is 12.3. The van der Waals surface area contributed by atoms with Crippen molar-refractivity contribution in [3.63, 3.8) is 0 Å². The molecule has 0 fully saturated rings. The van der Waals surface area contributed by atoms with Gasteiger partial charge >= 0.3 is 0 Å². The van der Waals surface area contributed by atoms with E-state index >= 15 is 0 Å². The number of para-hydroxylation sites is 2. The molecule has 0 N–H and O–H groups in total. The first kappa shape index (κ1) is 37.5. The molecule has 56 heavy (non-hydrogen) atoms. The Bertz CT molecular complexity index is 2170. The quantitative estimate of drug-likeness (QED) is 0.105. The van der Waals surface area contributed by atoms with Crippen LogP contribution in [0.3, 0.4) is 0 Å². The van der Waals surface area contributed by atoms with E-state index in [1.165, 1.54) is 72.2 Å². The molecular weight excluding hydrogens is 685 g/mol. The van der Waals surface area contributed by atoms with Crippen molar-refractivity contribution in [2.24, 2.45) is 0 Å². The first-order valence-corrected chi connectivity index (χ1v) is 21.2. The van der Waals surface area contributed by atoms with Crippen LogP contribution in [0.15, 0.2) is 134 Å². The van der Waals surface area contributed by atoms with Crippen LogP contribution in [0.2, 0.25) is 0 Å². The molecule has 4 aromatic carbocycles. The molecule has 5 nitrogen and oxygen atoms in total.